The summed E-state index contributed by atoms with van der Waals surface area (Å²) in [7, 11) is 0. The normalized spacial score (nSPS) is 10.0. The number of rotatable bonds is 2. The van der Waals surface area contributed by atoms with Crippen molar-refractivity contribution in [1.29, 1.82) is 0 Å². The maximum atomic E-state index is 11.5. The van der Waals surface area contributed by atoms with Gasteiger partial charge in [0.15, 0.2) is 0 Å². The molecule has 0 fully saturated rings. The number of nitrogens with zero attached hydrogens (tertiary/aromatic N) is 3. The Morgan fingerprint density at radius 2 is 2.29 bits per heavy atom. The van der Waals surface area contributed by atoms with E-state index in [9.17, 15) is 4.79 Å². The van der Waals surface area contributed by atoms with Crippen LogP contribution in [0.5, 0.6) is 0 Å². The van der Waals surface area contributed by atoms with Crippen LogP contribution in [-0.2, 0) is 6.42 Å². The molecule has 4 heteroatoms. The molecular formula is C10H9N3O. The standard InChI is InChI=1S/C10H9N3O/c14-10(13-6-2-5-12-13)7-9-3-1-4-11-8-9/h1-6,8H,7H2. The van der Waals surface area contributed by atoms with Crippen LogP contribution in [0.3, 0.4) is 0 Å². The van der Waals surface area contributed by atoms with Crippen molar-refractivity contribution in [2.75, 3.05) is 0 Å². The molecule has 14 heavy (non-hydrogen) atoms. The Bertz CT molecular complexity index is 408. The molecule has 0 aliphatic carbocycles. The average molecular weight is 187 g/mol. The highest BCUT2D eigenvalue weighted by Gasteiger charge is 2.05. The lowest BCUT2D eigenvalue weighted by molar-refractivity contribution is 0.0898. The van der Waals surface area contributed by atoms with E-state index < -0.39 is 0 Å². The van der Waals surface area contributed by atoms with Crippen LogP contribution in [0.2, 0.25) is 0 Å². The zero-order valence-electron chi connectivity index (χ0n) is 7.50. The molecule has 2 aromatic heterocycles. The summed E-state index contributed by atoms with van der Waals surface area (Å²) in [5, 5.41) is 3.86. The van der Waals surface area contributed by atoms with Crippen LogP contribution in [0, 0.1) is 0 Å². The van der Waals surface area contributed by atoms with Crippen LogP contribution in [0.4, 0.5) is 0 Å². The monoisotopic (exact) mass is 187 g/mol. The van der Waals surface area contributed by atoms with Gasteiger partial charge in [-0.1, -0.05) is 6.07 Å². The van der Waals surface area contributed by atoms with Gasteiger partial charge in [-0.05, 0) is 17.7 Å². The van der Waals surface area contributed by atoms with Crippen molar-refractivity contribution in [1.82, 2.24) is 14.8 Å². The number of carbonyl (C=O) groups is 1. The summed E-state index contributed by atoms with van der Waals surface area (Å²) in [6.07, 6.45) is 6.92. The van der Waals surface area contributed by atoms with Gasteiger partial charge in [0.25, 0.3) is 5.91 Å². The highest BCUT2D eigenvalue weighted by atomic mass is 16.2. The smallest absolute Gasteiger partial charge is 0.251 e. The largest absolute Gasteiger partial charge is 0.272 e. The van der Waals surface area contributed by atoms with E-state index in [1.807, 2.05) is 12.1 Å². The molecule has 0 aliphatic rings. The second kappa shape index (κ2) is 3.83. The van der Waals surface area contributed by atoms with Crippen LogP contribution in [0.15, 0.2) is 43.0 Å². The Labute approximate surface area is 81.2 Å². The predicted octanol–water partition coefficient (Wildman–Crippen LogP) is 1.16. The third-order valence-corrected chi connectivity index (χ3v) is 1.84. The first-order valence-electron chi connectivity index (χ1n) is 4.28. The zero-order chi connectivity index (χ0) is 9.80. The van der Waals surface area contributed by atoms with Crippen LogP contribution in [0.1, 0.15) is 10.4 Å². The van der Waals surface area contributed by atoms with E-state index in [1.54, 1.807) is 30.9 Å². The van der Waals surface area contributed by atoms with Gasteiger partial charge in [-0.15, -0.1) is 0 Å². The van der Waals surface area contributed by atoms with Crippen molar-refractivity contribution in [3.8, 4) is 0 Å². The minimum atomic E-state index is -0.0528. The second-order valence-electron chi connectivity index (χ2n) is 2.88. The van der Waals surface area contributed by atoms with Crippen molar-refractivity contribution in [3.05, 3.63) is 48.5 Å². The summed E-state index contributed by atoms with van der Waals surface area (Å²) in [6.45, 7) is 0. The second-order valence-corrected chi connectivity index (χ2v) is 2.88. The Hall–Kier alpha value is -1.97. The van der Waals surface area contributed by atoms with E-state index in [0.29, 0.717) is 6.42 Å². The molecule has 0 saturated carbocycles. The fourth-order valence-corrected chi connectivity index (χ4v) is 1.17. The van der Waals surface area contributed by atoms with Gasteiger partial charge in [0.2, 0.25) is 0 Å². The number of pyridine rings is 1. The molecule has 0 unspecified atom stereocenters. The Morgan fingerprint density at radius 1 is 1.36 bits per heavy atom. The van der Waals surface area contributed by atoms with Crippen LogP contribution >= 0.6 is 0 Å². The summed E-state index contributed by atoms with van der Waals surface area (Å²) in [4.78, 5) is 15.5. The van der Waals surface area contributed by atoms with Gasteiger partial charge in [-0.25, -0.2) is 4.68 Å². The molecule has 0 spiro atoms. The predicted molar refractivity (Wildman–Crippen MR) is 50.8 cm³/mol. The molecule has 0 N–H and O–H groups in total. The maximum absolute atomic E-state index is 11.5. The van der Waals surface area contributed by atoms with Crippen molar-refractivity contribution in [2.45, 2.75) is 6.42 Å². The van der Waals surface area contributed by atoms with Crippen molar-refractivity contribution in [3.63, 3.8) is 0 Å². The molecule has 4 nitrogen and oxygen atoms in total. The minimum absolute atomic E-state index is 0.0528. The molecule has 0 saturated heterocycles. The number of aromatic nitrogens is 3. The first-order valence-corrected chi connectivity index (χ1v) is 4.28. The van der Waals surface area contributed by atoms with Gasteiger partial charge >= 0.3 is 0 Å². The molecule has 0 aliphatic heterocycles. The Morgan fingerprint density at radius 3 is 2.93 bits per heavy atom. The number of hydrogen-bond acceptors (Lipinski definition) is 3. The molecule has 0 amide bonds. The molecule has 2 heterocycles. The number of hydrogen-bond donors (Lipinski definition) is 0. The lowest BCUT2D eigenvalue weighted by atomic mass is 10.2. The highest BCUT2D eigenvalue weighted by Crippen LogP contribution is 1.99. The van der Waals surface area contributed by atoms with Crippen molar-refractivity contribution < 1.29 is 4.79 Å². The van der Waals surface area contributed by atoms with Crippen LogP contribution < -0.4 is 0 Å². The third-order valence-electron chi connectivity index (χ3n) is 1.84. The minimum Gasteiger partial charge on any atom is -0.272 e. The van der Waals surface area contributed by atoms with Crippen molar-refractivity contribution in [2.24, 2.45) is 0 Å². The van der Waals surface area contributed by atoms with Crippen molar-refractivity contribution >= 4 is 5.91 Å². The summed E-state index contributed by atoms with van der Waals surface area (Å²) < 4.78 is 1.33. The molecular weight excluding hydrogens is 178 g/mol. The fraction of sp³-hybridized carbons (Fsp3) is 0.100. The lowest BCUT2D eigenvalue weighted by Gasteiger charge is -1.99. The van der Waals surface area contributed by atoms with Gasteiger partial charge in [-0.3, -0.25) is 9.78 Å². The van der Waals surface area contributed by atoms with Crippen LogP contribution in [0.25, 0.3) is 0 Å². The van der Waals surface area contributed by atoms with E-state index in [1.165, 1.54) is 4.68 Å². The molecule has 2 aromatic rings. The quantitative estimate of drug-likeness (QED) is 0.708. The summed E-state index contributed by atoms with van der Waals surface area (Å²) >= 11 is 0. The molecule has 0 aromatic carbocycles. The van der Waals surface area contributed by atoms with E-state index in [0.717, 1.165) is 5.56 Å². The average Bonchev–Trinajstić information content (AvgIpc) is 2.72. The molecule has 0 bridgehead atoms. The maximum Gasteiger partial charge on any atom is 0.251 e. The fourth-order valence-electron chi connectivity index (χ4n) is 1.17. The van der Waals surface area contributed by atoms with Gasteiger partial charge in [0, 0.05) is 24.8 Å². The molecule has 70 valence electrons. The SMILES string of the molecule is O=C(Cc1cccnc1)n1cccn1. The van der Waals surface area contributed by atoms with Gasteiger partial charge < -0.3 is 0 Å². The van der Waals surface area contributed by atoms with Gasteiger partial charge in [-0.2, -0.15) is 5.10 Å². The topological polar surface area (TPSA) is 47.8 Å². The number of carbonyl (C=O) groups excluding carboxylic acids is 1. The van der Waals surface area contributed by atoms with E-state index in [4.69, 9.17) is 0 Å². The van der Waals surface area contributed by atoms with Crippen LogP contribution in [-0.4, -0.2) is 20.7 Å². The lowest BCUT2D eigenvalue weighted by Crippen LogP contribution is -2.13. The summed E-state index contributed by atoms with van der Waals surface area (Å²) in [5.74, 6) is -0.0528. The Kier molecular flexibility index (Phi) is 2.36. The third kappa shape index (κ3) is 1.85. The molecule has 2 rings (SSSR count). The van der Waals surface area contributed by atoms with E-state index >= 15 is 0 Å². The Balaban J connectivity index is 2.10. The zero-order valence-corrected chi connectivity index (χ0v) is 7.50. The molecule has 0 atom stereocenters. The summed E-state index contributed by atoms with van der Waals surface area (Å²) in [6, 6.07) is 5.40. The summed E-state index contributed by atoms with van der Waals surface area (Å²) in [5.41, 5.74) is 0.896. The van der Waals surface area contributed by atoms with Gasteiger partial charge in [0.05, 0.1) is 6.42 Å². The van der Waals surface area contributed by atoms with E-state index in [-0.39, 0.29) is 5.91 Å². The first-order chi connectivity index (χ1) is 6.86. The first kappa shape index (κ1) is 8.62. The van der Waals surface area contributed by atoms with E-state index in [2.05, 4.69) is 10.1 Å². The van der Waals surface area contributed by atoms with Gasteiger partial charge in [0.1, 0.15) is 0 Å². The highest BCUT2D eigenvalue weighted by molar-refractivity contribution is 5.80. The molecule has 0 radical (unpaired) electrons.